The van der Waals surface area contributed by atoms with Gasteiger partial charge in [-0.3, -0.25) is 0 Å². The fourth-order valence-electron chi connectivity index (χ4n) is 4.72. The number of ether oxygens (including phenoxy) is 2. The van der Waals surface area contributed by atoms with E-state index in [0.29, 0.717) is 0 Å². The molecule has 0 amide bonds. The van der Waals surface area contributed by atoms with Crippen molar-refractivity contribution in [3.8, 4) is 11.5 Å². The van der Waals surface area contributed by atoms with Crippen molar-refractivity contribution in [2.45, 2.75) is 117 Å². The molecular formula is C34H52N2O4. The van der Waals surface area contributed by atoms with Gasteiger partial charge in [0, 0.05) is 0 Å². The fraction of sp³-hybridized carbons (Fsp3) is 0.588. The van der Waals surface area contributed by atoms with Gasteiger partial charge in [-0.05, 0) is 98.2 Å². The standard InChI is InChI=1S/C34H52N2O4/c1-3-5-7-15-27-39-31-23-19-29(20-24-31)33(35-37)17-13-11-9-10-12-14-18-34(36-38)30-21-25-32(26-22-30)40-28-16-8-6-4-2/h19-26,37-38H,3-18,27-28H2,1-2H3. The topological polar surface area (TPSA) is 83.6 Å². The average molecular weight is 553 g/mol. The van der Waals surface area contributed by atoms with Crippen molar-refractivity contribution in [3.05, 3.63) is 59.7 Å². The van der Waals surface area contributed by atoms with Crippen LogP contribution in [0.2, 0.25) is 0 Å². The SMILES string of the molecule is CCCCCCOc1ccc(C(CCCCCCCCC(=NO)c2ccc(OCCCCCC)cc2)=NO)cc1. The van der Waals surface area contributed by atoms with Crippen LogP contribution in [0.15, 0.2) is 58.8 Å². The number of hydrogen-bond donors (Lipinski definition) is 2. The maximum atomic E-state index is 9.51. The molecule has 0 radical (unpaired) electrons. The molecule has 0 atom stereocenters. The molecule has 40 heavy (non-hydrogen) atoms. The molecule has 0 saturated carbocycles. The highest BCUT2D eigenvalue weighted by molar-refractivity contribution is 6.00. The zero-order valence-electron chi connectivity index (χ0n) is 25.0. The summed E-state index contributed by atoms with van der Waals surface area (Å²) in [6, 6.07) is 15.8. The summed E-state index contributed by atoms with van der Waals surface area (Å²) in [5, 5.41) is 26.1. The van der Waals surface area contributed by atoms with Crippen molar-refractivity contribution < 1.29 is 19.9 Å². The molecule has 222 valence electrons. The quantitative estimate of drug-likeness (QED) is 0.0622. The molecule has 6 nitrogen and oxygen atoms in total. The van der Waals surface area contributed by atoms with E-state index in [-0.39, 0.29) is 0 Å². The van der Waals surface area contributed by atoms with Crippen LogP contribution >= 0.6 is 0 Å². The molecule has 2 N–H and O–H groups in total. The van der Waals surface area contributed by atoms with Crippen molar-refractivity contribution in [1.29, 1.82) is 0 Å². The van der Waals surface area contributed by atoms with Crippen molar-refractivity contribution in [2.75, 3.05) is 13.2 Å². The van der Waals surface area contributed by atoms with Gasteiger partial charge in [0.05, 0.1) is 24.6 Å². The van der Waals surface area contributed by atoms with Crippen LogP contribution in [0.25, 0.3) is 0 Å². The molecule has 0 spiro atoms. The summed E-state index contributed by atoms with van der Waals surface area (Å²) < 4.78 is 11.6. The number of hydrogen-bond acceptors (Lipinski definition) is 6. The van der Waals surface area contributed by atoms with Crippen molar-refractivity contribution in [1.82, 2.24) is 0 Å². The van der Waals surface area contributed by atoms with Crippen molar-refractivity contribution >= 4 is 11.4 Å². The van der Waals surface area contributed by atoms with E-state index >= 15 is 0 Å². The van der Waals surface area contributed by atoms with Crippen molar-refractivity contribution in [2.24, 2.45) is 10.3 Å². The number of nitrogens with zero attached hydrogens (tertiary/aromatic N) is 2. The zero-order valence-corrected chi connectivity index (χ0v) is 25.0. The largest absolute Gasteiger partial charge is 0.494 e. The Kier molecular flexibility index (Phi) is 18.1. The summed E-state index contributed by atoms with van der Waals surface area (Å²) in [5.41, 5.74) is 3.35. The maximum Gasteiger partial charge on any atom is 0.119 e. The number of oxime groups is 2. The predicted octanol–water partition coefficient (Wildman–Crippen LogP) is 9.78. The van der Waals surface area contributed by atoms with Gasteiger partial charge in [-0.1, -0.05) is 88.4 Å². The molecule has 0 bridgehead atoms. The smallest absolute Gasteiger partial charge is 0.119 e. The lowest BCUT2D eigenvalue weighted by Gasteiger charge is -2.09. The average Bonchev–Trinajstić information content (AvgIpc) is 2.99. The number of benzene rings is 2. The van der Waals surface area contributed by atoms with Crippen LogP contribution in [0.3, 0.4) is 0 Å². The minimum Gasteiger partial charge on any atom is -0.494 e. The van der Waals surface area contributed by atoms with E-state index in [1.54, 1.807) is 0 Å². The fourth-order valence-corrected chi connectivity index (χ4v) is 4.72. The third-order valence-electron chi connectivity index (χ3n) is 7.23. The lowest BCUT2D eigenvalue weighted by Crippen LogP contribution is -2.03. The Morgan fingerprint density at radius 1 is 0.500 bits per heavy atom. The summed E-state index contributed by atoms with van der Waals surface area (Å²) in [6.45, 7) is 5.91. The van der Waals surface area contributed by atoms with Crippen LogP contribution in [0, 0.1) is 0 Å². The molecule has 0 aliphatic carbocycles. The number of rotatable bonds is 23. The molecular weight excluding hydrogens is 500 g/mol. The van der Waals surface area contributed by atoms with Crippen molar-refractivity contribution in [3.63, 3.8) is 0 Å². The highest BCUT2D eigenvalue weighted by Gasteiger charge is 2.07. The first-order valence-electron chi connectivity index (χ1n) is 15.6. The second kappa shape index (κ2) is 21.8. The van der Waals surface area contributed by atoms with Crippen LogP contribution in [-0.4, -0.2) is 35.1 Å². The van der Waals surface area contributed by atoms with E-state index in [1.807, 2.05) is 48.5 Å². The molecule has 0 aliphatic heterocycles. The van der Waals surface area contributed by atoms with Crippen LogP contribution < -0.4 is 9.47 Å². The first kappa shape index (κ1) is 33.2. The molecule has 0 unspecified atom stereocenters. The van der Waals surface area contributed by atoms with E-state index in [2.05, 4.69) is 24.2 Å². The summed E-state index contributed by atoms with van der Waals surface area (Å²) in [6.07, 6.45) is 17.5. The van der Waals surface area contributed by atoms with Crippen LogP contribution in [0.4, 0.5) is 0 Å². The lowest BCUT2D eigenvalue weighted by atomic mass is 10.0. The third kappa shape index (κ3) is 13.9. The molecule has 2 aromatic carbocycles. The third-order valence-corrected chi connectivity index (χ3v) is 7.23. The Morgan fingerprint density at radius 3 is 1.20 bits per heavy atom. The summed E-state index contributed by atoms with van der Waals surface area (Å²) in [4.78, 5) is 0. The molecule has 2 rings (SSSR count). The lowest BCUT2D eigenvalue weighted by molar-refractivity contribution is 0.305. The molecule has 6 heteroatoms. The van der Waals surface area contributed by atoms with Gasteiger partial charge < -0.3 is 19.9 Å². The van der Waals surface area contributed by atoms with Crippen LogP contribution in [0.1, 0.15) is 128 Å². The van der Waals surface area contributed by atoms with Crippen LogP contribution in [-0.2, 0) is 0 Å². The Morgan fingerprint density at radius 2 is 0.850 bits per heavy atom. The second-order valence-corrected chi connectivity index (χ2v) is 10.6. The van der Waals surface area contributed by atoms with Gasteiger partial charge in [-0.2, -0.15) is 0 Å². The normalized spacial score (nSPS) is 12.1. The van der Waals surface area contributed by atoms with Gasteiger partial charge >= 0.3 is 0 Å². The molecule has 0 heterocycles. The monoisotopic (exact) mass is 552 g/mol. The Labute approximate surface area is 242 Å². The van der Waals surface area contributed by atoms with Crippen LogP contribution in [0.5, 0.6) is 11.5 Å². The predicted molar refractivity (Wildman–Crippen MR) is 166 cm³/mol. The molecule has 0 saturated heterocycles. The van der Waals surface area contributed by atoms with E-state index in [1.165, 1.54) is 38.5 Å². The molecule has 2 aromatic rings. The first-order valence-corrected chi connectivity index (χ1v) is 15.6. The molecule has 0 aromatic heterocycles. The van der Waals surface area contributed by atoms with E-state index in [9.17, 15) is 10.4 Å². The van der Waals surface area contributed by atoms with Gasteiger partial charge in [0.2, 0.25) is 0 Å². The summed E-state index contributed by atoms with van der Waals surface area (Å²) in [7, 11) is 0. The van der Waals surface area contributed by atoms with E-state index < -0.39 is 0 Å². The molecule has 0 aliphatic rings. The first-order chi connectivity index (χ1) is 19.7. The van der Waals surface area contributed by atoms with Gasteiger partial charge in [0.25, 0.3) is 0 Å². The summed E-state index contributed by atoms with van der Waals surface area (Å²) >= 11 is 0. The minimum atomic E-state index is 0.728. The summed E-state index contributed by atoms with van der Waals surface area (Å²) in [5.74, 6) is 1.73. The zero-order chi connectivity index (χ0) is 28.7. The Bertz CT molecular complexity index is 875. The molecule has 0 fully saturated rings. The Balaban J connectivity index is 1.58. The van der Waals surface area contributed by atoms with Gasteiger partial charge in [0.15, 0.2) is 0 Å². The second-order valence-electron chi connectivity index (χ2n) is 10.6. The van der Waals surface area contributed by atoms with Gasteiger partial charge in [-0.15, -0.1) is 0 Å². The minimum absolute atomic E-state index is 0.728. The van der Waals surface area contributed by atoms with E-state index in [0.717, 1.165) is 111 Å². The maximum absolute atomic E-state index is 9.51. The van der Waals surface area contributed by atoms with Gasteiger partial charge in [0.1, 0.15) is 11.5 Å². The highest BCUT2D eigenvalue weighted by Crippen LogP contribution is 2.19. The number of unbranched alkanes of at least 4 members (excludes halogenated alkanes) is 11. The van der Waals surface area contributed by atoms with E-state index in [4.69, 9.17) is 9.47 Å². The van der Waals surface area contributed by atoms with Gasteiger partial charge in [-0.25, -0.2) is 0 Å². The Hall–Kier alpha value is -3.02. The highest BCUT2D eigenvalue weighted by atomic mass is 16.5.